The number of rotatable bonds is 4. The van der Waals surface area contributed by atoms with Gasteiger partial charge >= 0.3 is 16.2 Å². The second-order valence-electron chi connectivity index (χ2n) is 5.09. The van der Waals surface area contributed by atoms with E-state index in [2.05, 4.69) is 0 Å². The highest BCUT2D eigenvalue weighted by Gasteiger charge is 2.27. The molecular formula is C14H18ClNO6S. The van der Waals surface area contributed by atoms with Crippen LogP contribution in [0.5, 0.6) is 5.75 Å². The summed E-state index contributed by atoms with van der Waals surface area (Å²) in [7, 11) is -3.56. The van der Waals surface area contributed by atoms with Gasteiger partial charge < -0.3 is 18.6 Å². The summed E-state index contributed by atoms with van der Waals surface area (Å²) in [6.07, 6.45) is 0.166. The molecule has 0 spiro atoms. The lowest BCUT2D eigenvalue weighted by Crippen LogP contribution is -2.43. The highest BCUT2D eigenvalue weighted by Crippen LogP contribution is 2.25. The molecule has 2 atom stereocenters. The third kappa shape index (κ3) is 5.56. The Labute approximate surface area is 140 Å². The van der Waals surface area contributed by atoms with Crippen LogP contribution in [0.3, 0.4) is 0 Å². The Morgan fingerprint density at radius 2 is 2.04 bits per heavy atom. The van der Waals surface area contributed by atoms with Crippen molar-refractivity contribution in [3.05, 3.63) is 29.8 Å². The summed E-state index contributed by atoms with van der Waals surface area (Å²) in [5.74, 6) is 0.222. The van der Waals surface area contributed by atoms with Gasteiger partial charge in [-0.25, -0.2) is 4.79 Å². The molecule has 1 heterocycles. The van der Waals surface area contributed by atoms with E-state index in [0.717, 1.165) is 11.8 Å². The van der Waals surface area contributed by atoms with Gasteiger partial charge in [-0.2, -0.15) is 8.42 Å². The molecule has 0 saturated carbocycles. The molecule has 1 aliphatic rings. The van der Waals surface area contributed by atoms with Gasteiger partial charge in [0.1, 0.15) is 11.9 Å². The van der Waals surface area contributed by atoms with Crippen molar-refractivity contribution < 1.29 is 26.9 Å². The lowest BCUT2D eigenvalue weighted by Gasteiger charge is -2.32. The smallest absolute Gasteiger partial charge is 0.411 e. The van der Waals surface area contributed by atoms with Crippen molar-refractivity contribution in [1.29, 1.82) is 0 Å². The highest BCUT2D eigenvalue weighted by molar-refractivity contribution is 7.86. The summed E-state index contributed by atoms with van der Waals surface area (Å²) in [6.45, 7) is 2.69. The minimum atomic E-state index is -3.56. The van der Waals surface area contributed by atoms with E-state index < -0.39 is 21.8 Å². The molecule has 0 bridgehead atoms. The fraction of sp³-hybridized carbons (Fsp3) is 0.500. The van der Waals surface area contributed by atoms with E-state index in [1.54, 1.807) is 19.1 Å². The van der Waals surface area contributed by atoms with Gasteiger partial charge in [0.25, 0.3) is 0 Å². The van der Waals surface area contributed by atoms with Crippen LogP contribution in [-0.2, 0) is 19.6 Å². The lowest BCUT2D eigenvalue weighted by molar-refractivity contribution is -0.0296. The molecule has 1 aromatic carbocycles. The number of morpholine rings is 1. The number of amides is 1. The Balaban J connectivity index is 2.02. The first-order chi connectivity index (χ1) is 10.7. The van der Waals surface area contributed by atoms with E-state index in [0.29, 0.717) is 19.7 Å². The maximum Gasteiger partial charge on any atom is 0.411 e. The molecule has 9 heteroatoms. The van der Waals surface area contributed by atoms with Gasteiger partial charge in [-0.15, -0.1) is 0 Å². The molecule has 1 fully saturated rings. The predicted octanol–water partition coefficient (Wildman–Crippen LogP) is 2.12. The zero-order chi connectivity index (χ0) is 17.0. The number of hydrogen-bond acceptors (Lipinski definition) is 6. The molecule has 1 saturated heterocycles. The molecule has 1 aliphatic heterocycles. The van der Waals surface area contributed by atoms with Gasteiger partial charge in [0.15, 0.2) is 5.56 Å². The number of carbonyl (C=O) groups is 1. The van der Waals surface area contributed by atoms with Gasteiger partial charge in [0, 0.05) is 6.54 Å². The number of carbonyl (C=O) groups excluding carboxylic acids is 1. The fourth-order valence-electron chi connectivity index (χ4n) is 2.14. The summed E-state index contributed by atoms with van der Waals surface area (Å²) in [4.78, 5) is 13.4. The van der Waals surface area contributed by atoms with Crippen molar-refractivity contribution in [2.45, 2.75) is 18.6 Å². The van der Waals surface area contributed by atoms with E-state index in [9.17, 15) is 13.2 Å². The average Bonchev–Trinajstić information content (AvgIpc) is 2.46. The van der Waals surface area contributed by atoms with Crippen LogP contribution in [0.1, 0.15) is 18.6 Å². The predicted molar refractivity (Wildman–Crippen MR) is 84.0 cm³/mol. The zero-order valence-corrected chi connectivity index (χ0v) is 14.3. The summed E-state index contributed by atoms with van der Waals surface area (Å²) < 4.78 is 37.5. The average molecular weight is 364 g/mol. The van der Waals surface area contributed by atoms with E-state index in [1.165, 1.54) is 17.0 Å². The van der Waals surface area contributed by atoms with Crippen LogP contribution in [0.15, 0.2) is 24.3 Å². The van der Waals surface area contributed by atoms with Crippen molar-refractivity contribution >= 4 is 27.8 Å². The lowest BCUT2D eigenvalue weighted by atomic mass is 10.1. The number of nitrogens with zero attached hydrogens (tertiary/aromatic N) is 1. The first-order valence-corrected chi connectivity index (χ1v) is 9.20. The van der Waals surface area contributed by atoms with Crippen molar-refractivity contribution in [1.82, 2.24) is 4.90 Å². The first kappa shape index (κ1) is 17.8. The second-order valence-corrected chi connectivity index (χ2v) is 7.28. The third-order valence-corrected chi connectivity index (χ3v) is 3.67. The minimum absolute atomic E-state index is 0.222. The Morgan fingerprint density at radius 3 is 2.61 bits per heavy atom. The van der Waals surface area contributed by atoms with E-state index >= 15 is 0 Å². The molecule has 1 unspecified atom stereocenters. The van der Waals surface area contributed by atoms with Crippen LogP contribution in [0, 0.1) is 0 Å². The quantitative estimate of drug-likeness (QED) is 0.602. The normalized spacial score (nSPS) is 20.0. The van der Waals surface area contributed by atoms with Crippen LogP contribution in [-0.4, -0.2) is 50.9 Å². The molecule has 1 aromatic rings. The first-order valence-electron chi connectivity index (χ1n) is 6.95. The van der Waals surface area contributed by atoms with Gasteiger partial charge in [0.2, 0.25) is 0 Å². The summed E-state index contributed by atoms with van der Waals surface area (Å²) in [5, 5.41) is 0. The van der Waals surface area contributed by atoms with Gasteiger partial charge in [-0.1, -0.05) is 23.7 Å². The van der Waals surface area contributed by atoms with Crippen LogP contribution in [0.4, 0.5) is 4.79 Å². The van der Waals surface area contributed by atoms with Crippen LogP contribution < -0.4 is 4.18 Å². The van der Waals surface area contributed by atoms with E-state index in [-0.39, 0.29) is 11.9 Å². The zero-order valence-electron chi connectivity index (χ0n) is 12.8. The topological polar surface area (TPSA) is 82.1 Å². The van der Waals surface area contributed by atoms with Gasteiger partial charge in [0.05, 0.1) is 19.4 Å². The van der Waals surface area contributed by atoms with Crippen LogP contribution in [0.2, 0.25) is 0 Å². The van der Waals surface area contributed by atoms with Crippen molar-refractivity contribution in [3.63, 3.8) is 0 Å². The fourth-order valence-corrected chi connectivity index (χ4v) is 2.68. The van der Waals surface area contributed by atoms with Gasteiger partial charge in [-0.05, 0) is 24.6 Å². The number of alkyl halides is 1. The molecular weight excluding hydrogens is 346 g/mol. The molecule has 0 N–H and O–H groups in total. The molecule has 1 amide bonds. The SMILES string of the molecule is CC(Cl)OC(=O)N1CCO[C@@H](c2ccc(OS(C)(=O)=O)cc2)C1. The third-order valence-electron chi connectivity index (χ3n) is 3.09. The van der Waals surface area contributed by atoms with E-state index in [4.69, 9.17) is 25.3 Å². The maximum atomic E-state index is 11.9. The van der Waals surface area contributed by atoms with Crippen molar-refractivity contribution in [2.75, 3.05) is 26.0 Å². The number of ether oxygens (including phenoxy) is 2. The Morgan fingerprint density at radius 1 is 1.39 bits per heavy atom. The van der Waals surface area contributed by atoms with Crippen LogP contribution >= 0.6 is 11.6 Å². The number of halogens is 1. The van der Waals surface area contributed by atoms with Gasteiger partial charge in [-0.3, -0.25) is 0 Å². The molecule has 0 aliphatic carbocycles. The molecule has 7 nitrogen and oxygen atoms in total. The Bertz CT molecular complexity index is 646. The molecule has 23 heavy (non-hydrogen) atoms. The second kappa shape index (κ2) is 7.37. The maximum absolute atomic E-state index is 11.9. The van der Waals surface area contributed by atoms with E-state index in [1.807, 2.05) is 0 Å². The number of benzene rings is 1. The largest absolute Gasteiger partial charge is 0.430 e. The molecule has 128 valence electrons. The van der Waals surface area contributed by atoms with Crippen molar-refractivity contribution in [2.24, 2.45) is 0 Å². The van der Waals surface area contributed by atoms with Crippen molar-refractivity contribution in [3.8, 4) is 5.75 Å². The molecule has 2 rings (SSSR count). The summed E-state index contributed by atoms with van der Waals surface area (Å²) in [5.41, 5.74) is 0.110. The Hall–Kier alpha value is -1.51. The highest BCUT2D eigenvalue weighted by atomic mass is 35.5. The minimum Gasteiger partial charge on any atom is -0.430 e. The monoisotopic (exact) mass is 363 g/mol. The standard InChI is InChI=1S/C14H18ClNO6S/c1-10(15)21-14(17)16-7-8-20-13(9-16)11-3-5-12(6-4-11)22-23(2,18)19/h3-6,10,13H,7-9H2,1-2H3/t10?,13-/m1/s1. The summed E-state index contributed by atoms with van der Waals surface area (Å²) >= 11 is 5.65. The molecule has 0 radical (unpaired) electrons. The molecule has 0 aromatic heterocycles. The number of hydrogen-bond donors (Lipinski definition) is 0. The summed E-state index contributed by atoms with van der Waals surface area (Å²) in [6, 6.07) is 6.48. The van der Waals surface area contributed by atoms with Crippen LogP contribution in [0.25, 0.3) is 0 Å². The Kier molecular flexibility index (Phi) is 5.72.